The van der Waals surface area contributed by atoms with Gasteiger partial charge in [0.15, 0.2) is 5.78 Å². The summed E-state index contributed by atoms with van der Waals surface area (Å²) in [4.78, 5) is 11.5. The highest BCUT2D eigenvalue weighted by molar-refractivity contribution is 6.33. The van der Waals surface area contributed by atoms with E-state index in [9.17, 15) is 4.79 Å². The highest BCUT2D eigenvalue weighted by Crippen LogP contribution is 2.21. The molecule has 0 fully saturated rings. The lowest BCUT2D eigenvalue weighted by Crippen LogP contribution is -2.12. The van der Waals surface area contributed by atoms with Crippen LogP contribution in [0.25, 0.3) is 0 Å². The summed E-state index contributed by atoms with van der Waals surface area (Å²) in [6.07, 6.45) is 1.17. The molecule has 0 aliphatic heterocycles. The van der Waals surface area contributed by atoms with Crippen molar-refractivity contribution in [3.05, 3.63) is 33.8 Å². The van der Waals surface area contributed by atoms with Gasteiger partial charge in [-0.25, -0.2) is 0 Å². The van der Waals surface area contributed by atoms with Crippen molar-refractivity contribution < 1.29 is 9.53 Å². The molecule has 0 N–H and O–H groups in total. The lowest BCUT2D eigenvalue weighted by Gasteiger charge is -2.05. The minimum atomic E-state index is 0.0117. The topological polar surface area (TPSA) is 26.3 Å². The predicted molar refractivity (Wildman–Crippen MR) is 66.3 cm³/mol. The molecule has 0 spiro atoms. The van der Waals surface area contributed by atoms with Gasteiger partial charge in [0.2, 0.25) is 0 Å². The Kier molecular flexibility index (Phi) is 5.81. The summed E-state index contributed by atoms with van der Waals surface area (Å²) >= 11 is 11.8. The second-order valence-corrected chi connectivity index (χ2v) is 4.35. The van der Waals surface area contributed by atoms with Crippen LogP contribution in [0.5, 0.6) is 0 Å². The van der Waals surface area contributed by atoms with E-state index in [1.165, 1.54) is 0 Å². The molecule has 1 rings (SSSR count). The fourth-order valence-corrected chi connectivity index (χ4v) is 1.65. The monoisotopic (exact) mass is 260 g/mol. The van der Waals surface area contributed by atoms with E-state index in [2.05, 4.69) is 0 Å². The molecule has 0 heterocycles. The van der Waals surface area contributed by atoms with Crippen LogP contribution in [0.1, 0.15) is 18.9 Å². The van der Waals surface area contributed by atoms with Crippen LogP contribution in [0, 0.1) is 0 Å². The third-order valence-corrected chi connectivity index (χ3v) is 2.61. The van der Waals surface area contributed by atoms with Gasteiger partial charge < -0.3 is 4.74 Å². The first-order valence-corrected chi connectivity index (χ1v) is 5.92. The van der Waals surface area contributed by atoms with Crippen molar-refractivity contribution in [3.63, 3.8) is 0 Å². The number of Topliss-reactive ketones (excluding diaryl/α,β-unsaturated/α-hetero) is 1. The van der Waals surface area contributed by atoms with Gasteiger partial charge in [-0.2, -0.15) is 0 Å². The minimum Gasteiger partial charge on any atom is -0.374 e. The average molecular weight is 261 g/mol. The SMILES string of the molecule is CCCOCC(=O)Cc1cc(Cl)ccc1Cl. The summed E-state index contributed by atoms with van der Waals surface area (Å²) in [7, 11) is 0. The third-order valence-electron chi connectivity index (χ3n) is 2.01. The number of ketones is 1. The zero-order valence-electron chi connectivity index (χ0n) is 9.13. The van der Waals surface area contributed by atoms with E-state index in [1.54, 1.807) is 18.2 Å². The van der Waals surface area contributed by atoms with E-state index in [4.69, 9.17) is 27.9 Å². The maximum Gasteiger partial charge on any atom is 0.162 e. The molecule has 0 radical (unpaired) electrons. The van der Waals surface area contributed by atoms with Crippen molar-refractivity contribution in [1.29, 1.82) is 0 Å². The maximum atomic E-state index is 11.5. The van der Waals surface area contributed by atoms with Crippen LogP contribution in [0.15, 0.2) is 18.2 Å². The number of hydrogen-bond acceptors (Lipinski definition) is 2. The molecule has 0 aliphatic carbocycles. The van der Waals surface area contributed by atoms with Gasteiger partial charge in [-0.15, -0.1) is 0 Å². The van der Waals surface area contributed by atoms with Crippen molar-refractivity contribution >= 4 is 29.0 Å². The Morgan fingerprint density at radius 3 is 2.81 bits per heavy atom. The molecule has 1 aromatic carbocycles. The zero-order chi connectivity index (χ0) is 12.0. The largest absolute Gasteiger partial charge is 0.374 e. The second kappa shape index (κ2) is 6.89. The van der Waals surface area contributed by atoms with Gasteiger partial charge in [-0.05, 0) is 30.2 Å². The average Bonchev–Trinajstić information content (AvgIpc) is 2.24. The van der Waals surface area contributed by atoms with Crippen LogP contribution in [0.3, 0.4) is 0 Å². The van der Waals surface area contributed by atoms with Gasteiger partial charge in [-0.3, -0.25) is 4.79 Å². The van der Waals surface area contributed by atoms with Crippen molar-refractivity contribution in [2.45, 2.75) is 19.8 Å². The molecule has 4 heteroatoms. The molecule has 88 valence electrons. The molecular weight excluding hydrogens is 247 g/mol. The third kappa shape index (κ3) is 4.52. The summed E-state index contributed by atoms with van der Waals surface area (Å²) in [6, 6.07) is 5.10. The van der Waals surface area contributed by atoms with Crippen LogP contribution >= 0.6 is 23.2 Å². The molecule has 0 aromatic heterocycles. The molecule has 0 amide bonds. The fourth-order valence-electron chi connectivity index (χ4n) is 1.27. The van der Waals surface area contributed by atoms with Crippen molar-refractivity contribution in [1.82, 2.24) is 0 Å². The number of halogens is 2. The van der Waals surface area contributed by atoms with E-state index < -0.39 is 0 Å². The van der Waals surface area contributed by atoms with Crippen molar-refractivity contribution in [2.24, 2.45) is 0 Å². The van der Waals surface area contributed by atoms with Crippen LogP contribution in [-0.2, 0) is 16.0 Å². The standard InChI is InChI=1S/C12H14Cl2O2/c1-2-5-16-8-11(15)7-9-6-10(13)3-4-12(9)14/h3-4,6H,2,5,7-8H2,1H3. The van der Waals surface area contributed by atoms with E-state index in [1.807, 2.05) is 6.92 Å². The normalized spacial score (nSPS) is 10.4. The second-order valence-electron chi connectivity index (χ2n) is 3.50. The van der Waals surface area contributed by atoms with Crippen LogP contribution < -0.4 is 0 Å². The first-order valence-electron chi connectivity index (χ1n) is 5.17. The molecule has 16 heavy (non-hydrogen) atoms. The first kappa shape index (κ1) is 13.5. The summed E-state index contributed by atoms with van der Waals surface area (Å²) in [5.41, 5.74) is 0.749. The van der Waals surface area contributed by atoms with E-state index >= 15 is 0 Å². The summed E-state index contributed by atoms with van der Waals surface area (Å²) < 4.78 is 5.16. The van der Waals surface area contributed by atoms with Gasteiger partial charge in [-0.1, -0.05) is 30.1 Å². The Bertz CT molecular complexity index is 364. The molecule has 0 saturated carbocycles. The lowest BCUT2D eigenvalue weighted by atomic mass is 10.1. The number of ether oxygens (including phenoxy) is 1. The van der Waals surface area contributed by atoms with Crippen molar-refractivity contribution in [2.75, 3.05) is 13.2 Å². The number of rotatable bonds is 6. The van der Waals surface area contributed by atoms with Crippen LogP contribution in [-0.4, -0.2) is 19.0 Å². The molecule has 0 aliphatic rings. The highest BCUT2D eigenvalue weighted by atomic mass is 35.5. The smallest absolute Gasteiger partial charge is 0.162 e. The van der Waals surface area contributed by atoms with Gasteiger partial charge in [0.25, 0.3) is 0 Å². The van der Waals surface area contributed by atoms with Gasteiger partial charge in [0.05, 0.1) is 0 Å². The first-order chi connectivity index (χ1) is 7.63. The Labute approximate surface area is 106 Å². The van der Waals surface area contributed by atoms with Gasteiger partial charge in [0, 0.05) is 23.1 Å². The minimum absolute atomic E-state index is 0.0117. The number of carbonyl (C=O) groups is 1. The fraction of sp³-hybridized carbons (Fsp3) is 0.417. The number of benzene rings is 1. The molecule has 0 saturated heterocycles. The Morgan fingerprint density at radius 1 is 1.38 bits per heavy atom. The molecule has 0 atom stereocenters. The van der Waals surface area contributed by atoms with Gasteiger partial charge >= 0.3 is 0 Å². The van der Waals surface area contributed by atoms with Crippen molar-refractivity contribution in [3.8, 4) is 0 Å². The molecule has 0 unspecified atom stereocenters. The number of carbonyl (C=O) groups excluding carboxylic acids is 1. The van der Waals surface area contributed by atoms with Crippen LogP contribution in [0.4, 0.5) is 0 Å². The van der Waals surface area contributed by atoms with E-state index in [0.717, 1.165) is 12.0 Å². The van der Waals surface area contributed by atoms with E-state index in [-0.39, 0.29) is 18.8 Å². The zero-order valence-corrected chi connectivity index (χ0v) is 10.6. The highest BCUT2D eigenvalue weighted by Gasteiger charge is 2.07. The summed E-state index contributed by atoms with van der Waals surface area (Å²) in [5, 5.41) is 1.15. The predicted octanol–water partition coefficient (Wildman–Crippen LogP) is 3.53. The maximum absolute atomic E-state index is 11.5. The Hall–Kier alpha value is -0.570. The van der Waals surface area contributed by atoms with Crippen LogP contribution in [0.2, 0.25) is 10.0 Å². The Balaban J connectivity index is 2.52. The summed E-state index contributed by atoms with van der Waals surface area (Å²) in [5.74, 6) is 0.0117. The quantitative estimate of drug-likeness (QED) is 0.732. The molecule has 2 nitrogen and oxygen atoms in total. The Morgan fingerprint density at radius 2 is 2.12 bits per heavy atom. The molecular formula is C12H14Cl2O2. The number of hydrogen-bond donors (Lipinski definition) is 0. The van der Waals surface area contributed by atoms with E-state index in [0.29, 0.717) is 16.7 Å². The molecule has 1 aromatic rings. The lowest BCUT2D eigenvalue weighted by molar-refractivity contribution is -0.122. The summed E-state index contributed by atoms with van der Waals surface area (Å²) in [6.45, 7) is 2.74. The van der Waals surface area contributed by atoms with Gasteiger partial charge in [0.1, 0.15) is 6.61 Å². The molecule has 0 bridgehead atoms.